The Labute approximate surface area is 133 Å². The van der Waals surface area contributed by atoms with Crippen molar-refractivity contribution in [2.24, 2.45) is 0 Å². The highest BCUT2D eigenvalue weighted by atomic mass is 19.1. The number of fused-ring (bicyclic) bond motifs is 1. The Morgan fingerprint density at radius 2 is 1.83 bits per heavy atom. The van der Waals surface area contributed by atoms with Crippen molar-refractivity contribution in [2.45, 2.75) is 12.8 Å². The SMILES string of the molecule is O=C(NCC(=O)N1CCCc2ccccc21)c1ccc(F)cc1. The van der Waals surface area contributed by atoms with Crippen LogP contribution in [0.25, 0.3) is 0 Å². The van der Waals surface area contributed by atoms with Crippen molar-refractivity contribution in [3.63, 3.8) is 0 Å². The minimum absolute atomic E-state index is 0.0788. The maximum atomic E-state index is 12.9. The predicted octanol–water partition coefficient (Wildman–Crippen LogP) is 2.53. The van der Waals surface area contributed by atoms with Crippen LogP contribution in [0.5, 0.6) is 0 Å². The molecule has 1 aliphatic heterocycles. The third kappa shape index (κ3) is 3.39. The topological polar surface area (TPSA) is 49.4 Å². The van der Waals surface area contributed by atoms with E-state index in [1.165, 1.54) is 24.3 Å². The van der Waals surface area contributed by atoms with E-state index in [0.717, 1.165) is 24.1 Å². The molecule has 2 aromatic carbocycles. The lowest BCUT2D eigenvalue weighted by molar-refractivity contribution is -0.117. The van der Waals surface area contributed by atoms with E-state index in [2.05, 4.69) is 5.32 Å². The molecule has 3 rings (SSSR count). The summed E-state index contributed by atoms with van der Waals surface area (Å²) in [6.45, 7) is 0.576. The van der Waals surface area contributed by atoms with E-state index >= 15 is 0 Å². The minimum Gasteiger partial charge on any atom is -0.343 e. The predicted molar refractivity (Wildman–Crippen MR) is 85.8 cm³/mol. The number of halogens is 1. The highest BCUT2D eigenvalue weighted by Gasteiger charge is 2.22. The molecule has 4 nitrogen and oxygen atoms in total. The quantitative estimate of drug-likeness (QED) is 0.947. The van der Waals surface area contributed by atoms with E-state index < -0.39 is 5.82 Å². The van der Waals surface area contributed by atoms with Gasteiger partial charge in [-0.05, 0) is 48.7 Å². The Bertz CT molecular complexity index is 728. The molecule has 0 unspecified atom stereocenters. The maximum Gasteiger partial charge on any atom is 0.251 e. The second kappa shape index (κ2) is 6.60. The number of aryl methyl sites for hydroxylation is 1. The molecule has 0 aliphatic carbocycles. The third-order valence-corrected chi connectivity index (χ3v) is 3.92. The van der Waals surface area contributed by atoms with Gasteiger partial charge in [-0.25, -0.2) is 4.39 Å². The van der Waals surface area contributed by atoms with Crippen molar-refractivity contribution in [1.82, 2.24) is 5.32 Å². The van der Waals surface area contributed by atoms with Crippen molar-refractivity contribution < 1.29 is 14.0 Å². The summed E-state index contributed by atoms with van der Waals surface area (Å²) < 4.78 is 12.9. The number of nitrogens with one attached hydrogen (secondary N) is 1. The summed E-state index contributed by atoms with van der Waals surface area (Å²) in [4.78, 5) is 26.1. The fourth-order valence-electron chi connectivity index (χ4n) is 2.75. The first-order valence-electron chi connectivity index (χ1n) is 7.57. The Kier molecular flexibility index (Phi) is 4.37. The van der Waals surface area contributed by atoms with Gasteiger partial charge in [0.25, 0.3) is 5.91 Å². The maximum absolute atomic E-state index is 12.9. The summed E-state index contributed by atoms with van der Waals surface area (Å²) in [5.74, 6) is -0.932. The number of nitrogens with zero attached hydrogens (tertiary/aromatic N) is 1. The Hall–Kier alpha value is -2.69. The van der Waals surface area contributed by atoms with Crippen molar-refractivity contribution >= 4 is 17.5 Å². The van der Waals surface area contributed by atoms with E-state index in [1.807, 2.05) is 24.3 Å². The van der Waals surface area contributed by atoms with E-state index in [-0.39, 0.29) is 18.4 Å². The molecule has 1 heterocycles. The lowest BCUT2D eigenvalue weighted by Gasteiger charge is -2.29. The summed E-state index contributed by atoms with van der Waals surface area (Å²) in [5, 5.41) is 2.59. The van der Waals surface area contributed by atoms with Crippen LogP contribution in [-0.4, -0.2) is 24.9 Å². The number of rotatable bonds is 3. The van der Waals surface area contributed by atoms with Gasteiger partial charge in [-0.2, -0.15) is 0 Å². The average molecular weight is 312 g/mol. The molecule has 2 aromatic rings. The van der Waals surface area contributed by atoms with Crippen molar-refractivity contribution in [2.75, 3.05) is 18.0 Å². The van der Waals surface area contributed by atoms with Gasteiger partial charge in [0, 0.05) is 17.8 Å². The van der Waals surface area contributed by atoms with Gasteiger partial charge in [0.2, 0.25) is 5.91 Å². The molecule has 0 saturated carbocycles. The summed E-state index contributed by atoms with van der Waals surface area (Å²) in [6, 6.07) is 13.0. The average Bonchev–Trinajstić information content (AvgIpc) is 2.59. The lowest BCUT2D eigenvalue weighted by Crippen LogP contribution is -2.42. The molecule has 0 aromatic heterocycles. The van der Waals surface area contributed by atoms with Crippen LogP contribution in [0.4, 0.5) is 10.1 Å². The van der Waals surface area contributed by atoms with Crippen LogP contribution in [0.1, 0.15) is 22.3 Å². The van der Waals surface area contributed by atoms with Crippen molar-refractivity contribution in [1.29, 1.82) is 0 Å². The van der Waals surface area contributed by atoms with Crippen LogP contribution in [0.3, 0.4) is 0 Å². The molecule has 0 fully saturated rings. The number of benzene rings is 2. The Balaban J connectivity index is 1.64. The third-order valence-electron chi connectivity index (χ3n) is 3.92. The second-order valence-corrected chi connectivity index (χ2v) is 5.47. The smallest absolute Gasteiger partial charge is 0.251 e. The van der Waals surface area contributed by atoms with Crippen LogP contribution in [0, 0.1) is 5.82 Å². The first kappa shape index (κ1) is 15.2. The Morgan fingerprint density at radius 1 is 1.09 bits per heavy atom. The molecule has 2 amide bonds. The number of amides is 2. The summed E-state index contributed by atoms with van der Waals surface area (Å²) in [7, 11) is 0. The first-order chi connectivity index (χ1) is 11.1. The van der Waals surface area contributed by atoms with Crippen LogP contribution < -0.4 is 10.2 Å². The standard InChI is InChI=1S/C18H17FN2O2/c19-15-9-7-14(8-10-15)18(23)20-12-17(22)21-11-3-5-13-4-1-2-6-16(13)21/h1-2,4,6-10H,3,5,11-12H2,(H,20,23). The fourth-order valence-corrected chi connectivity index (χ4v) is 2.75. The molecule has 0 radical (unpaired) electrons. The molecule has 0 saturated heterocycles. The second-order valence-electron chi connectivity index (χ2n) is 5.47. The molecular weight excluding hydrogens is 295 g/mol. The zero-order valence-corrected chi connectivity index (χ0v) is 12.6. The van der Waals surface area contributed by atoms with Crippen LogP contribution in [0.15, 0.2) is 48.5 Å². The van der Waals surface area contributed by atoms with E-state index in [9.17, 15) is 14.0 Å². The van der Waals surface area contributed by atoms with Gasteiger partial charge in [-0.3, -0.25) is 9.59 Å². The van der Waals surface area contributed by atoms with Gasteiger partial charge in [0.1, 0.15) is 5.82 Å². The van der Waals surface area contributed by atoms with Gasteiger partial charge in [-0.1, -0.05) is 18.2 Å². The van der Waals surface area contributed by atoms with Gasteiger partial charge >= 0.3 is 0 Å². The highest BCUT2D eigenvalue weighted by molar-refractivity contribution is 6.00. The monoisotopic (exact) mass is 312 g/mol. The zero-order chi connectivity index (χ0) is 16.2. The Morgan fingerprint density at radius 3 is 2.61 bits per heavy atom. The summed E-state index contributed by atoms with van der Waals surface area (Å²) in [5.41, 5.74) is 2.40. The highest BCUT2D eigenvalue weighted by Crippen LogP contribution is 2.26. The minimum atomic E-state index is -0.400. The number of para-hydroxylation sites is 1. The summed E-state index contributed by atoms with van der Waals surface area (Å²) >= 11 is 0. The van der Waals surface area contributed by atoms with Crippen molar-refractivity contribution in [3.8, 4) is 0 Å². The molecule has 0 spiro atoms. The van der Waals surface area contributed by atoms with Gasteiger partial charge in [-0.15, -0.1) is 0 Å². The molecule has 0 bridgehead atoms. The summed E-state index contributed by atoms with van der Waals surface area (Å²) in [6.07, 6.45) is 1.87. The largest absolute Gasteiger partial charge is 0.343 e. The molecular formula is C18H17FN2O2. The molecule has 1 N–H and O–H groups in total. The van der Waals surface area contributed by atoms with Crippen LogP contribution in [0.2, 0.25) is 0 Å². The van der Waals surface area contributed by atoms with E-state index in [1.54, 1.807) is 4.90 Å². The lowest BCUT2D eigenvalue weighted by atomic mass is 10.0. The number of anilines is 1. The van der Waals surface area contributed by atoms with Gasteiger partial charge < -0.3 is 10.2 Å². The molecule has 5 heteroatoms. The van der Waals surface area contributed by atoms with E-state index in [4.69, 9.17) is 0 Å². The molecule has 0 atom stereocenters. The number of hydrogen-bond acceptors (Lipinski definition) is 2. The fraction of sp³-hybridized carbons (Fsp3) is 0.222. The number of carbonyl (C=O) groups is 2. The van der Waals surface area contributed by atoms with Crippen LogP contribution in [-0.2, 0) is 11.2 Å². The van der Waals surface area contributed by atoms with Crippen LogP contribution >= 0.6 is 0 Å². The zero-order valence-electron chi connectivity index (χ0n) is 12.6. The molecule has 23 heavy (non-hydrogen) atoms. The molecule has 1 aliphatic rings. The van der Waals surface area contributed by atoms with Gasteiger partial charge in [0.05, 0.1) is 6.54 Å². The first-order valence-corrected chi connectivity index (χ1v) is 7.57. The van der Waals surface area contributed by atoms with Gasteiger partial charge in [0.15, 0.2) is 0 Å². The number of hydrogen-bond donors (Lipinski definition) is 1. The molecule has 118 valence electrons. The number of carbonyl (C=O) groups excluding carboxylic acids is 2. The normalized spacial score (nSPS) is 13.3. The van der Waals surface area contributed by atoms with Crippen molar-refractivity contribution in [3.05, 3.63) is 65.5 Å². The van der Waals surface area contributed by atoms with E-state index in [0.29, 0.717) is 12.1 Å².